The second kappa shape index (κ2) is 10.1. The van der Waals surface area contributed by atoms with E-state index >= 15 is 0 Å². The first kappa shape index (κ1) is 27.9. The number of nitrogens with two attached hydrogens (primary N) is 1. The van der Waals surface area contributed by atoms with Gasteiger partial charge in [-0.1, -0.05) is 49.7 Å². The minimum atomic E-state index is -2.68. The average Bonchev–Trinajstić information content (AvgIpc) is 2.88. The second-order valence-electron chi connectivity index (χ2n) is 11.8. The molecule has 40 heavy (non-hydrogen) atoms. The van der Waals surface area contributed by atoms with E-state index in [0.717, 1.165) is 16.7 Å². The number of amides is 1. The third-order valence-electron chi connectivity index (χ3n) is 9.06. The molecule has 0 saturated heterocycles. The SMILES string of the molecule is Cc1ccc(CNCc2ccc(O)c3c2C[C@H]2C[C@H]4[C@H](C(C)C)C(=O)C(C(N)=O)C(=O)[C@@]4(O)C(=O)C2C3=O)cc1. The molecule has 210 valence electrons. The highest BCUT2D eigenvalue weighted by Crippen LogP contribution is 2.53. The molecule has 6 atom stereocenters. The molecule has 5 rings (SSSR count). The van der Waals surface area contributed by atoms with Crippen LogP contribution in [0.25, 0.3) is 0 Å². The Morgan fingerprint density at radius 2 is 1.73 bits per heavy atom. The first-order valence-electron chi connectivity index (χ1n) is 13.7. The van der Waals surface area contributed by atoms with E-state index in [9.17, 15) is 34.2 Å². The van der Waals surface area contributed by atoms with Crippen molar-refractivity contribution in [2.75, 3.05) is 0 Å². The number of aromatic hydroxyl groups is 1. The summed E-state index contributed by atoms with van der Waals surface area (Å²) in [6, 6.07) is 11.3. The van der Waals surface area contributed by atoms with Gasteiger partial charge in [-0.2, -0.15) is 0 Å². The molecule has 9 heteroatoms. The minimum absolute atomic E-state index is 0.0116. The molecule has 5 N–H and O–H groups in total. The summed E-state index contributed by atoms with van der Waals surface area (Å²) in [4.78, 5) is 66.4. The van der Waals surface area contributed by atoms with Crippen molar-refractivity contribution >= 4 is 29.0 Å². The number of nitrogens with one attached hydrogen (secondary N) is 1. The van der Waals surface area contributed by atoms with E-state index < -0.39 is 64.2 Å². The summed E-state index contributed by atoms with van der Waals surface area (Å²) >= 11 is 0. The van der Waals surface area contributed by atoms with Crippen LogP contribution in [0.1, 0.15) is 52.9 Å². The highest BCUT2D eigenvalue weighted by atomic mass is 16.3. The summed E-state index contributed by atoms with van der Waals surface area (Å²) in [5.41, 5.74) is 6.36. The summed E-state index contributed by atoms with van der Waals surface area (Å²) in [5, 5.41) is 25.7. The number of primary amides is 1. The maximum atomic E-state index is 13.9. The molecule has 2 aromatic rings. The van der Waals surface area contributed by atoms with Crippen LogP contribution in [0, 0.1) is 42.4 Å². The molecule has 0 heterocycles. The zero-order valence-electron chi connectivity index (χ0n) is 22.8. The molecule has 9 nitrogen and oxygen atoms in total. The fraction of sp³-hybridized carbons (Fsp3) is 0.452. The fourth-order valence-corrected chi connectivity index (χ4v) is 7.13. The quantitative estimate of drug-likeness (QED) is 0.399. The van der Waals surface area contributed by atoms with Crippen molar-refractivity contribution in [1.29, 1.82) is 0 Å². The number of phenolic OH excluding ortho intramolecular Hbond substituents is 1. The molecule has 1 amide bonds. The van der Waals surface area contributed by atoms with Gasteiger partial charge < -0.3 is 21.3 Å². The first-order valence-corrected chi connectivity index (χ1v) is 13.7. The van der Waals surface area contributed by atoms with E-state index in [1.807, 2.05) is 31.2 Å². The van der Waals surface area contributed by atoms with E-state index in [2.05, 4.69) is 5.32 Å². The Hall–Kier alpha value is -3.69. The molecule has 0 radical (unpaired) electrons. The van der Waals surface area contributed by atoms with E-state index in [1.54, 1.807) is 19.9 Å². The van der Waals surface area contributed by atoms with Crippen LogP contribution in [0.3, 0.4) is 0 Å². The Bertz CT molecular complexity index is 1430. The number of carbonyl (C=O) groups is 5. The lowest BCUT2D eigenvalue weighted by Crippen LogP contribution is -2.71. The Labute approximate surface area is 232 Å². The first-order chi connectivity index (χ1) is 18.9. The van der Waals surface area contributed by atoms with Crippen molar-refractivity contribution in [3.05, 3.63) is 64.2 Å². The van der Waals surface area contributed by atoms with Gasteiger partial charge in [0.2, 0.25) is 5.91 Å². The molecule has 0 aliphatic heterocycles. The van der Waals surface area contributed by atoms with E-state index in [0.29, 0.717) is 18.7 Å². The van der Waals surface area contributed by atoms with Gasteiger partial charge in [0.15, 0.2) is 34.7 Å². The third kappa shape index (κ3) is 4.19. The van der Waals surface area contributed by atoms with Crippen molar-refractivity contribution in [3.63, 3.8) is 0 Å². The molecular formula is C31H34N2O7. The Morgan fingerprint density at radius 1 is 1.05 bits per heavy atom. The monoisotopic (exact) mass is 546 g/mol. The van der Waals surface area contributed by atoms with Gasteiger partial charge in [0, 0.05) is 24.9 Å². The molecule has 0 spiro atoms. The average molecular weight is 547 g/mol. The number of hydrogen-bond acceptors (Lipinski definition) is 8. The third-order valence-corrected chi connectivity index (χ3v) is 9.06. The lowest BCUT2D eigenvalue weighted by atomic mass is 9.49. The second-order valence-corrected chi connectivity index (χ2v) is 11.8. The van der Waals surface area contributed by atoms with Crippen molar-refractivity contribution in [2.24, 2.45) is 41.2 Å². The van der Waals surface area contributed by atoms with Gasteiger partial charge in [-0.3, -0.25) is 24.0 Å². The van der Waals surface area contributed by atoms with Crippen molar-refractivity contribution in [2.45, 2.75) is 52.3 Å². The molecule has 3 aliphatic carbocycles. The normalized spacial score (nSPS) is 29.7. The number of fused-ring (bicyclic) bond motifs is 3. The van der Waals surface area contributed by atoms with Crippen LogP contribution in [0.2, 0.25) is 0 Å². The van der Waals surface area contributed by atoms with Crippen LogP contribution in [-0.2, 0) is 38.7 Å². The highest BCUT2D eigenvalue weighted by molar-refractivity contribution is 6.31. The number of aryl methyl sites for hydroxylation is 1. The smallest absolute Gasteiger partial charge is 0.235 e. The van der Waals surface area contributed by atoms with Crippen LogP contribution in [0.5, 0.6) is 5.75 Å². The Kier molecular flexibility index (Phi) is 7.00. The summed E-state index contributed by atoms with van der Waals surface area (Å²) in [7, 11) is 0. The molecule has 2 aromatic carbocycles. The minimum Gasteiger partial charge on any atom is -0.507 e. The van der Waals surface area contributed by atoms with Gasteiger partial charge >= 0.3 is 0 Å². The lowest BCUT2D eigenvalue weighted by molar-refractivity contribution is -0.182. The molecule has 0 aromatic heterocycles. The van der Waals surface area contributed by atoms with Gasteiger partial charge in [0.1, 0.15) is 5.75 Å². The summed E-state index contributed by atoms with van der Waals surface area (Å²) < 4.78 is 0. The number of ketones is 4. The van der Waals surface area contributed by atoms with Crippen LogP contribution >= 0.6 is 0 Å². The molecule has 2 saturated carbocycles. The Morgan fingerprint density at radius 3 is 2.35 bits per heavy atom. The molecule has 0 bridgehead atoms. The number of carbonyl (C=O) groups excluding carboxylic acids is 5. The summed E-state index contributed by atoms with van der Waals surface area (Å²) in [6.45, 7) is 6.47. The number of phenols is 1. The van der Waals surface area contributed by atoms with Gasteiger partial charge in [0.25, 0.3) is 0 Å². The van der Waals surface area contributed by atoms with E-state index in [-0.39, 0.29) is 30.1 Å². The number of hydrogen-bond donors (Lipinski definition) is 4. The molecular weight excluding hydrogens is 512 g/mol. The van der Waals surface area contributed by atoms with Crippen molar-refractivity contribution < 1.29 is 34.2 Å². The molecule has 2 fully saturated rings. The maximum absolute atomic E-state index is 13.9. The molecule has 3 aliphatic rings. The highest BCUT2D eigenvalue weighted by Gasteiger charge is 2.69. The zero-order chi connectivity index (χ0) is 29.1. The van der Waals surface area contributed by atoms with Crippen molar-refractivity contribution in [3.8, 4) is 5.75 Å². The van der Waals surface area contributed by atoms with Gasteiger partial charge in [-0.15, -0.1) is 0 Å². The lowest BCUT2D eigenvalue weighted by Gasteiger charge is -2.52. The largest absolute Gasteiger partial charge is 0.507 e. The van der Waals surface area contributed by atoms with Gasteiger partial charge in [-0.05, 0) is 54.4 Å². The number of Topliss-reactive ketones (excluding diaryl/α,β-unsaturated/α-hetero) is 4. The Balaban J connectivity index is 1.50. The van der Waals surface area contributed by atoms with Crippen LogP contribution in [0.15, 0.2) is 36.4 Å². The number of rotatable bonds is 6. The van der Waals surface area contributed by atoms with Crippen LogP contribution in [-0.4, -0.2) is 44.9 Å². The van der Waals surface area contributed by atoms with Crippen LogP contribution < -0.4 is 11.1 Å². The fourth-order valence-electron chi connectivity index (χ4n) is 7.13. The zero-order valence-corrected chi connectivity index (χ0v) is 22.8. The van der Waals surface area contributed by atoms with Crippen molar-refractivity contribution in [1.82, 2.24) is 5.32 Å². The van der Waals surface area contributed by atoms with E-state index in [4.69, 9.17) is 5.73 Å². The summed E-state index contributed by atoms with van der Waals surface area (Å²) in [5.74, 6) is -11.4. The maximum Gasteiger partial charge on any atom is 0.235 e. The number of benzene rings is 2. The predicted molar refractivity (Wildman–Crippen MR) is 144 cm³/mol. The number of aliphatic hydroxyl groups is 1. The van der Waals surface area contributed by atoms with E-state index in [1.165, 1.54) is 6.07 Å². The van der Waals surface area contributed by atoms with Gasteiger partial charge in [0.05, 0.1) is 11.5 Å². The van der Waals surface area contributed by atoms with Gasteiger partial charge in [-0.25, -0.2) is 0 Å². The summed E-state index contributed by atoms with van der Waals surface area (Å²) in [6.07, 6.45) is 0.322. The standard InChI is InChI=1S/C31H34N2O7/c1-14(2)22-20-11-18-10-19-17(13-33-12-16-6-4-15(3)5-7-16)8-9-21(34)24(19)27(36)23(18)28(37)31(20,40)29(38)25(26(22)35)30(32)39/h4-9,14,18,20,22-23,25,33-34,40H,10-13H2,1-3H3,(H2,32,39)/t18-,20-,22-,23?,25?,31-/m0/s1. The van der Waals surface area contributed by atoms with Crippen LogP contribution in [0.4, 0.5) is 0 Å². The predicted octanol–water partition coefficient (Wildman–Crippen LogP) is 1.81. The molecule has 2 unspecified atom stereocenters. The topological polar surface area (TPSA) is 164 Å².